The first-order chi connectivity index (χ1) is 14.6. The van der Waals surface area contributed by atoms with E-state index in [2.05, 4.69) is 20.5 Å². The van der Waals surface area contributed by atoms with Crippen LogP contribution >= 0.6 is 24.0 Å². The highest BCUT2D eigenvalue weighted by molar-refractivity contribution is 14.0. The Labute approximate surface area is 201 Å². The van der Waals surface area contributed by atoms with E-state index in [4.69, 9.17) is 14.2 Å². The molecule has 0 aromatic heterocycles. The zero-order valence-electron chi connectivity index (χ0n) is 18.4. The molecule has 0 spiro atoms. The number of morpholine rings is 1. The zero-order valence-corrected chi connectivity index (χ0v) is 20.7. The van der Waals surface area contributed by atoms with Crippen LogP contribution < -0.4 is 20.1 Å². The van der Waals surface area contributed by atoms with Crippen molar-refractivity contribution < 1.29 is 19.0 Å². The molecule has 2 N–H and O–H groups in total. The Morgan fingerprint density at radius 2 is 1.87 bits per heavy atom. The maximum absolute atomic E-state index is 11.9. The lowest BCUT2D eigenvalue weighted by Gasteiger charge is -2.26. The zero-order chi connectivity index (χ0) is 21.2. The Morgan fingerprint density at radius 3 is 2.65 bits per heavy atom. The van der Waals surface area contributed by atoms with Gasteiger partial charge in [-0.3, -0.25) is 9.69 Å². The molecule has 0 radical (unpaired) electrons. The number of hydrogen-bond acceptors (Lipinski definition) is 6. The summed E-state index contributed by atoms with van der Waals surface area (Å²) in [6.45, 7) is 6.53. The molecule has 2 aliphatic heterocycles. The van der Waals surface area contributed by atoms with Crippen LogP contribution in [-0.4, -0.2) is 95.0 Å². The number of carbonyl (C=O) groups is 1. The molecule has 9 nitrogen and oxygen atoms in total. The molecule has 3 rings (SSSR count). The molecule has 0 atom stereocenters. The van der Waals surface area contributed by atoms with E-state index < -0.39 is 0 Å². The van der Waals surface area contributed by atoms with E-state index in [-0.39, 0.29) is 43.2 Å². The van der Waals surface area contributed by atoms with Gasteiger partial charge in [-0.1, -0.05) is 6.07 Å². The standard InChI is InChI=1S/C21H33N5O4.HI/c1-25(2)20(27)15-24-21(22-7-3-9-26-10-12-28-13-11-26)23-8-6-17-4-5-18-19(14-17)30-16-29-18;/h4-5,14H,3,6-13,15-16H2,1-2H3,(H2,22,23,24);1H. The highest BCUT2D eigenvalue weighted by Crippen LogP contribution is 2.32. The number of benzene rings is 1. The summed E-state index contributed by atoms with van der Waals surface area (Å²) in [5, 5.41) is 6.68. The smallest absolute Gasteiger partial charge is 0.243 e. The van der Waals surface area contributed by atoms with Crippen molar-refractivity contribution in [1.29, 1.82) is 0 Å². The van der Waals surface area contributed by atoms with Gasteiger partial charge in [0.05, 0.1) is 13.2 Å². The maximum atomic E-state index is 11.9. The summed E-state index contributed by atoms with van der Waals surface area (Å²) in [6, 6.07) is 5.98. The summed E-state index contributed by atoms with van der Waals surface area (Å²) in [5.74, 6) is 2.21. The minimum absolute atomic E-state index is 0. The Hall–Kier alpha value is -1.79. The van der Waals surface area contributed by atoms with Gasteiger partial charge >= 0.3 is 0 Å². The van der Waals surface area contributed by atoms with Gasteiger partial charge in [0, 0.05) is 40.3 Å². The third kappa shape index (κ3) is 8.69. The molecule has 0 unspecified atom stereocenters. The number of rotatable bonds is 9. The third-order valence-corrected chi connectivity index (χ3v) is 5.06. The predicted molar refractivity (Wildman–Crippen MR) is 131 cm³/mol. The van der Waals surface area contributed by atoms with Crippen LogP contribution in [0, 0.1) is 0 Å². The van der Waals surface area contributed by atoms with E-state index >= 15 is 0 Å². The summed E-state index contributed by atoms with van der Waals surface area (Å²) in [6.07, 6.45) is 1.82. The van der Waals surface area contributed by atoms with Crippen LogP contribution in [0.2, 0.25) is 0 Å². The molecule has 1 aromatic rings. The van der Waals surface area contributed by atoms with Gasteiger partial charge in [-0.05, 0) is 37.1 Å². The number of hydrogen-bond donors (Lipinski definition) is 2. The van der Waals surface area contributed by atoms with Crippen molar-refractivity contribution in [2.45, 2.75) is 12.8 Å². The average molecular weight is 547 g/mol. The van der Waals surface area contributed by atoms with E-state index in [1.54, 1.807) is 19.0 Å². The van der Waals surface area contributed by atoms with Crippen LogP contribution in [0.4, 0.5) is 0 Å². The third-order valence-electron chi connectivity index (χ3n) is 5.06. The number of fused-ring (bicyclic) bond motifs is 1. The molecule has 0 saturated carbocycles. The van der Waals surface area contributed by atoms with E-state index in [0.29, 0.717) is 12.5 Å². The molecular formula is C21H34IN5O4. The molecule has 10 heteroatoms. The summed E-state index contributed by atoms with van der Waals surface area (Å²) < 4.78 is 16.2. The van der Waals surface area contributed by atoms with Gasteiger partial charge in [0.25, 0.3) is 0 Å². The quantitative estimate of drug-likeness (QED) is 0.206. The van der Waals surface area contributed by atoms with Gasteiger partial charge in [-0.25, -0.2) is 4.99 Å². The first-order valence-electron chi connectivity index (χ1n) is 10.5. The van der Waals surface area contributed by atoms with Gasteiger partial charge in [0.15, 0.2) is 17.5 Å². The molecule has 1 saturated heterocycles. The number of nitrogens with one attached hydrogen (secondary N) is 2. The monoisotopic (exact) mass is 547 g/mol. The van der Waals surface area contributed by atoms with Crippen LogP contribution in [0.15, 0.2) is 23.2 Å². The van der Waals surface area contributed by atoms with Gasteiger partial charge in [0.1, 0.15) is 6.54 Å². The van der Waals surface area contributed by atoms with Crippen molar-refractivity contribution in [3.8, 4) is 11.5 Å². The fraction of sp³-hybridized carbons (Fsp3) is 0.619. The molecule has 1 fully saturated rings. The second-order valence-corrected chi connectivity index (χ2v) is 7.55. The van der Waals surface area contributed by atoms with Gasteiger partial charge < -0.3 is 29.7 Å². The summed E-state index contributed by atoms with van der Waals surface area (Å²) in [5.41, 5.74) is 1.16. The SMILES string of the molecule is CN(C)C(=O)CN=C(NCCCN1CCOCC1)NCCc1ccc2c(c1)OCO2.I. The predicted octanol–water partition coefficient (Wildman–Crippen LogP) is 0.922. The van der Waals surface area contributed by atoms with Crippen molar-refractivity contribution in [3.05, 3.63) is 23.8 Å². The molecule has 1 amide bonds. The Kier molecular flexibility index (Phi) is 11.2. The lowest BCUT2D eigenvalue weighted by atomic mass is 10.1. The summed E-state index contributed by atoms with van der Waals surface area (Å²) in [4.78, 5) is 20.3. The number of ether oxygens (including phenoxy) is 3. The summed E-state index contributed by atoms with van der Waals surface area (Å²) >= 11 is 0. The van der Waals surface area contributed by atoms with Gasteiger partial charge in [0.2, 0.25) is 12.7 Å². The second kappa shape index (κ2) is 13.6. The molecule has 174 valence electrons. The van der Waals surface area contributed by atoms with E-state index in [9.17, 15) is 4.79 Å². The normalized spacial score (nSPS) is 15.9. The minimum Gasteiger partial charge on any atom is -0.454 e. The van der Waals surface area contributed by atoms with E-state index in [1.165, 1.54) is 0 Å². The molecule has 2 heterocycles. The van der Waals surface area contributed by atoms with Gasteiger partial charge in [-0.15, -0.1) is 24.0 Å². The first kappa shape index (κ1) is 25.5. The summed E-state index contributed by atoms with van der Waals surface area (Å²) in [7, 11) is 3.47. The average Bonchev–Trinajstić information content (AvgIpc) is 3.22. The molecular weight excluding hydrogens is 513 g/mol. The maximum Gasteiger partial charge on any atom is 0.243 e. The lowest BCUT2D eigenvalue weighted by molar-refractivity contribution is -0.127. The van der Waals surface area contributed by atoms with Crippen LogP contribution in [0.1, 0.15) is 12.0 Å². The Bertz CT molecular complexity index is 726. The fourth-order valence-corrected chi connectivity index (χ4v) is 3.22. The minimum atomic E-state index is -0.0276. The van der Waals surface area contributed by atoms with Crippen molar-refractivity contribution >= 4 is 35.8 Å². The largest absolute Gasteiger partial charge is 0.454 e. The number of aliphatic imine (C=N–C) groups is 1. The van der Waals surface area contributed by atoms with Crippen LogP contribution in [0.5, 0.6) is 11.5 Å². The second-order valence-electron chi connectivity index (χ2n) is 7.55. The molecule has 0 aliphatic carbocycles. The Balaban J connectivity index is 0.00000341. The van der Waals surface area contributed by atoms with Crippen molar-refractivity contribution in [1.82, 2.24) is 20.4 Å². The number of amides is 1. The van der Waals surface area contributed by atoms with Gasteiger partial charge in [-0.2, -0.15) is 0 Å². The van der Waals surface area contributed by atoms with Crippen molar-refractivity contribution in [2.24, 2.45) is 4.99 Å². The topological polar surface area (TPSA) is 87.7 Å². The highest BCUT2D eigenvalue weighted by atomic mass is 127. The molecule has 1 aromatic carbocycles. The number of halogens is 1. The number of likely N-dealkylation sites (N-methyl/N-ethyl adjacent to an activating group) is 1. The van der Waals surface area contributed by atoms with E-state index in [0.717, 1.165) is 69.3 Å². The first-order valence-corrected chi connectivity index (χ1v) is 10.5. The lowest BCUT2D eigenvalue weighted by Crippen LogP contribution is -2.41. The van der Waals surface area contributed by atoms with Crippen LogP contribution in [0.25, 0.3) is 0 Å². The van der Waals surface area contributed by atoms with Crippen LogP contribution in [0.3, 0.4) is 0 Å². The number of nitrogens with zero attached hydrogens (tertiary/aromatic N) is 3. The number of carbonyl (C=O) groups excluding carboxylic acids is 1. The van der Waals surface area contributed by atoms with Crippen LogP contribution in [-0.2, 0) is 16.0 Å². The molecule has 0 bridgehead atoms. The van der Waals surface area contributed by atoms with E-state index in [1.807, 2.05) is 18.2 Å². The highest BCUT2D eigenvalue weighted by Gasteiger charge is 2.13. The van der Waals surface area contributed by atoms with Crippen molar-refractivity contribution in [3.63, 3.8) is 0 Å². The van der Waals surface area contributed by atoms with Crippen molar-refractivity contribution in [2.75, 3.05) is 73.4 Å². The Morgan fingerprint density at radius 1 is 1.13 bits per heavy atom. The fourth-order valence-electron chi connectivity index (χ4n) is 3.22. The number of guanidine groups is 1. The molecule has 31 heavy (non-hydrogen) atoms. The molecule has 2 aliphatic rings.